The molecular formula is C9H9FN2O2S. The first-order chi connectivity index (χ1) is 7.08. The molecule has 0 fully saturated rings. The number of benzene rings is 1. The highest BCUT2D eigenvalue weighted by molar-refractivity contribution is 7.89. The van der Waals surface area contributed by atoms with Crippen LogP contribution in [0.4, 0.5) is 4.39 Å². The van der Waals surface area contributed by atoms with Crippen molar-refractivity contribution in [2.24, 2.45) is 0 Å². The van der Waals surface area contributed by atoms with Crippen LogP contribution in [0.3, 0.4) is 0 Å². The SMILES string of the molecule is N#CCCNS(=O)(=O)c1ccccc1F. The van der Waals surface area contributed by atoms with Gasteiger partial charge in [0.1, 0.15) is 10.7 Å². The third-order valence-electron chi connectivity index (χ3n) is 1.66. The van der Waals surface area contributed by atoms with Gasteiger partial charge in [-0.15, -0.1) is 0 Å². The van der Waals surface area contributed by atoms with E-state index in [-0.39, 0.29) is 13.0 Å². The molecule has 0 heterocycles. The maximum Gasteiger partial charge on any atom is 0.243 e. The first-order valence-corrected chi connectivity index (χ1v) is 5.67. The fourth-order valence-corrected chi connectivity index (χ4v) is 2.09. The Labute approximate surface area is 87.4 Å². The molecule has 0 amide bonds. The van der Waals surface area contributed by atoms with E-state index in [1.54, 1.807) is 6.07 Å². The van der Waals surface area contributed by atoms with E-state index in [1.807, 2.05) is 0 Å². The summed E-state index contributed by atoms with van der Waals surface area (Å²) in [6.45, 7) is -0.0207. The first-order valence-electron chi connectivity index (χ1n) is 4.19. The minimum Gasteiger partial charge on any atom is -0.210 e. The molecule has 0 spiro atoms. The summed E-state index contributed by atoms with van der Waals surface area (Å²) in [5, 5.41) is 8.23. The molecule has 6 heteroatoms. The molecule has 1 rings (SSSR count). The Kier molecular flexibility index (Phi) is 3.77. The van der Waals surface area contributed by atoms with Gasteiger partial charge in [-0.25, -0.2) is 17.5 Å². The highest BCUT2D eigenvalue weighted by atomic mass is 32.2. The van der Waals surface area contributed by atoms with Crippen LogP contribution in [0, 0.1) is 17.1 Å². The second kappa shape index (κ2) is 4.87. The van der Waals surface area contributed by atoms with Crippen molar-refractivity contribution in [3.8, 4) is 6.07 Å². The molecule has 15 heavy (non-hydrogen) atoms. The molecule has 0 bridgehead atoms. The van der Waals surface area contributed by atoms with Crippen LogP contribution in [0.5, 0.6) is 0 Å². The average molecular weight is 228 g/mol. The van der Waals surface area contributed by atoms with Gasteiger partial charge in [0.05, 0.1) is 6.07 Å². The third-order valence-corrected chi connectivity index (χ3v) is 3.15. The zero-order valence-corrected chi connectivity index (χ0v) is 8.59. The van der Waals surface area contributed by atoms with E-state index in [0.717, 1.165) is 6.07 Å². The predicted molar refractivity (Wildman–Crippen MR) is 51.8 cm³/mol. The zero-order chi connectivity index (χ0) is 11.3. The Hall–Kier alpha value is -1.45. The van der Waals surface area contributed by atoms with Crippen molar-refractivity contribution in [2.45, 2.75) is 11.3 Å². The lowest BCUT2D eigenvalue weighted by Gasteiger charge is -2.05. The molecule has 0 radical (unpaired) electrons. The molecule has 0 unspecified atom stereocenters. The molecule has 0 saturated heterocycles. The maximum absolute atomic E-state index is 13.1. The monoisotopic (exact) mass is 228 g/mol. The minimum atomic E-state index is -3.84. The molecule has 0 atom stereocenters. The molecule has 1 aromatic rings. The molecular weight excluding hydrogens is 219 g/mol. The Morgan fingerprint density at radius 2 is 2.07 bits per heavy atom. The summed E-state index contributed by atoms with van der Waals surface area (Å²) in [4.78, 5) is -0.400. The highest BCUT2D eigenvalue weighted by Gasteiger charge is 2.17. The molecule has 1 N–H and O–H groups in total. The molecule has 0 aromatic heterocycles. The Balaban J connectivity index is 2.88. The third kappa shape index (κ3) is 3.01. The van der Waals surface area contributed by atoms with Gasteiger partial charge in [0.2, 0.25) is 10.0 Å². The molecule has 80 valence electrons. The molecule has 0 saturated carbocycles. The summed E-state index contributed by atoms with van der Waals surface area (Å²) in [5.41, 5.74) is 0. The normalized spacial score (nSPS) is 10.9. The summed E-state index contributed by atoms with van der Waals surface area (Å²) in [5.74, 6) is -0.804. The van der Waals surface area contributed by atoms with Gasteiger partial charge < -0.3 is 0 Å². The van der Waals surface area contributed by atoms with E-state index in [1.165, 1.54) is 18.2 Å². The number of hydrogen-bond donors (Lipinski definition) is 1. The van der Waals surface area contributed by atoms with E-state index in [4.69, 9.17) is 5.26 Å². The number of rotatable bonds is 4. The minimum absolute atomic E-state index is 0.0207. The van der Waals surface area contributed by atoms with Crippen LogP contribution in [0.15, 0.2) is 29.2 Å². The molecule has 1 aromatic carbocycles. The number of nitrogens with zero attached hydrogens (tertiary/aromatic N) is 1. The fraction of sp³-hybridized carbons (Fsp3) is 0.222. The summed E-state index contributed by atoms with van der Waals surface area (Å²) >= 11 is 0. The number of sulfonamides is 1. The second-order valence-electron chi connectivity index (χ2n) is 2.74. The lowest BCUT2D eigenvalue weighted by atomic mass is 10.4. The van der Waals surface area contributed by atoms with Crippen molar-refractivity contribution in [2.75, 3.05) is 6.54 Å². The van der Waals surface area contributed by atoms with Crippen LogP contribution >= 0.6 is 0 Å². The van der Waals surface area contributed by atoms with Crippen LogP contribution in [0.25, 0.3) is 0 Å². The lowest BCUT2D eigenvalue weighted by molar-refractivity contribution is 0.557. The van der Waals surface area contributed by atoms with E-state index in [9.17, 15) is 12.8 Å². The summed E-state index contributed by atoms with van der Waals surface area (Å²) in [7, 11) is -3.84. The van der Waals surface area contributed by atoms with Crippen molar-refractivity contribution < 1.29 is 12.8 Å². The standard InChI is InChI=1S/C9H9FN2O2S/c10-8-4-1-2-5-9(8)15(13,14)12-7-3-6-11/h1-2,4-5,12H,3,7H2. The van der Waals surface area contributed by atoms with Gasteiger partial charge in [-0.05, 0) is 12.1 Å². The van der Waals surface area contributed by atoms with E-state index in [0.29, 0.717) is 0 Å². The van der Waals surface area contributed by atoms with Crippen LogP contribution in [0.2, 0.25) is 0 Å². The van der Waals surface area contributed by atoms with Gasteiger partial charge in [0.15, 0.2) is 0 Å². The average Bonchev–Trinajstić information content (AvgIpc) is 2.18. The highest BCUT2D eigenvalue weighted by Crippen LogP contribution is 2.12. The Morgan fingerprint density at radius 1 is 1.40 bits per heavy atom. The summed E-state index contributed by atoms with van der Waals surface area (Å²) < 4.78 is 38.2. The van der Waals surface area contributed by atoms with E-state index >= 15 is 0 Å². The topological polar surface area (TPSA) is 70.0 Å². The zero-order valence-electron chi connectivity index (χ0n) is 7.77. The summed E-state index contributed by atoms with van der Waals surface area (Å²) in [6.07, 6.45) is 0.0493. The quantitative estimate of drug-likeness (QED) is 0.782. The van der Waals surface area contributed by atoms with E-state index in [2.05, 4.69) is 4.72 Å². The number of halogens is 1. The fourth-order valence-electron chi connectivity index (χ4n) is 0.982. The van der Waals surface area contributed by atoms with Gasteiger partial charge in [-0.2, -0.15) is 5.26 Å². The second-order valence-corrected chi connectivity index (χ2v) is 4.47. The predicted octanol–water partition coefficient (Wildman–Crippen LogP) is 1.02. The largest absolute Gasteiger partial charge is 0.243 e. The van der Waals surface area contributed by atoms with Crippen molar-refractivity contribution in [3.63, 3.8) is 0 Å². The molecule has 0 aliphatic heterocycles. The number of nitrogens with one attached hydrogen (secondary N) is 1. The van der Waals surface area contributed by atoms with Crippen LogP contribution < -0.4 is 4.72 Å². The summed E-state index contributed by atoms with van der Waals surface area (Å²) in [6, 6.07) is 6.86. The van der Waals surface area contributed by atoms with Crippen molar-refractivity contribution >= 4 is 10.0 Å². The van der Waals surface area contributed by atoms with Gasteiger partial charge in [-0.3, -0.25) is 0 Å². The van der Waals surface area contributed by atoms with Crippen LogP contribution in [-0.2, 0) is 10.0 Å². The molecule has 0 aliphatic rings. The number of nitriles is 1. The molecule has 0 aliphatic carbocycles. The van der Waals surface area contributed by atoms with Crippen LogP contribution in [0.1, 0.15) is 6.42 Å². The Morgan fingerprint density at radius 3 is 2.67 bits per heavy atom. The van der Waals surface area contributed by atoms with Crippen molar-refractivity contribution in [1.82, 2.24) is 4.72 Å². The lowest BCUT2D eigenvalue weighted by Crippen LogP contribution is -2.25. The Bertz CT molecular complexity index is 479. The van der Waals surface area contributed by atoms with E-state index < -0.39 is 20.7 Å². The van der Waals surface area contributed by atoms with Crippen molar-refractivity contribution in [3.05, 3.63) is 30.1 Å². The molecule has 4 nitrogen and oxygen atoms in total. The van der Waals surface area contributed by atoms with Gasteiger partial charge in [0, 0.05) is 13.0 Å². The van der Waals surface area contributed by atoms with Crippen molar-refractivity contribution in [1.29, 1.82) is 5.26 Å². The maximum atomic E-state index is 13.1. The van der Waals surface area contributed by atoms with Crippen LogP contribution in [-0.4, -0.2) is 15.0 Å². The smallest absolute Gasteiger partial charge is 0.210 e. The van der Waals surface area contributed by atoms with Gasteiger partial charge >= 0.3 is 0 Å². The van der Waals surface area contributed by atoms with Gasteiger partial charge in [0.25, 0.3) is 0 Å². The first kappa shape index (κ1) is 11.6. The van der Waals surface area contributed by atoms with Gasteiger partial charge in [-0.1, -0.05) is 12.1 Å². The number of hydrogen-bond acceptors (Lipinski definition) is 3.